The fourth-order valence-corrected chi connectivity index (χ4v) is 2.00. The number of hydrogen-bond donors (Lipinski definition) is 0. The van der Waals surface area contributed by atoms with E-state index in [1.165, 1.54) is 9.13 Å². The molecule has 0 spiro atoms. The van der Waals surface area contributed by atoms with Crippen LogP contribution in [0.1, 0.15) is 12.5 Å². The van der Waals surface area contributed by atoms with Gasteiger partial charge in [0, 0.05) is 17.4 Å². The second kappa shape index (κ2) is 6.27. The number of nitrogens with zero attached hydrogens (tertiary/aromatic N) is 2. The van der Waals surface area contributed by atoms with Crippen molar-refractivity contribution in [2.45, 2.75) is 20.0 Å². The van der Waals surface area contributed by atoms with E-state index in [9.17, 15) is 9.59 Å². The lowest BCUT2D eigenvalue weighted by Crippen LogP contribution is -2.40. The maximum Gasteiger partial charge on any atom is 0.317 e. The largest absolute Gasteiger partial charge is 0.317 e. The first-order chi connectivity index (χ1) is 9.61. The van der Waals surface area contributed by atoms with Crippen LogP contribution in [0.3, 0.4) is 0 Å². The molecule has 0 N–H and O–H groups in total. The minimum Gasteiger partial charge on any atom is -0.305 e. The van der Waals surface area contributed by atoms with Gasteiger partial charge in [0.05, 0.1) is 13.1 Å². The molecule has 4 nitrogen and oxygen atoms in total. The Balaban J connectivity index is 2.34. The van der Waals surface area contributed by atoms with Crippen molar-refractivity contribution in [1.82, 2.24) is 9.13 Å². The van der Waals surface area contributed by atoms with E-state index in [0.29, 0.717) is 11.6 Å². The average Bonchev–Trinajstić information content (AvgIpc) is 2.43. The second-order valence-electron chi connectivity index (χ2n) is 4.22. The van der Waals surface area contributed by atoms with Gasteiger partial charge in [-0.1, -0.05) is 29.7 Å². The van der Waals surface area contributed by atoms with E-state index in [4.69, 9.17) is 11.6 Å². The van der Waals surface area contributed by atoms with Crippen LogP contribution >= 0.6 is 11.6 Å². The quantitative estimate of drug-likeness (QED) is 0.638. The van der Waals surface area contributed by atoms with Gasteiger partial charge in [-0.15, -0.1) is 5.92 Å². The van der Waals surface area contributed by atoms with Gasteiger partial charge < -0.3 is 4.57 Å². The van der Waals surface area contributed by atoms with Gasteiger partial charge in [-0.3, -0.25) is 14.2 Å². The van der Waals surface area contributed by atoms with Crippen LogP contribution in [0, 0.1) is 11.8 Å². The molecule has 0 aliphatic rings. The number of aromatic nitrogens is 2. The average molecular weight is 289 g/mol. The van der Waals surface area contributed by atoms with Crippen molar-refractivity contribution in [2.24, 2.45) is 0 Å². The Morgan fingerprint density at radius 3 is 2.55 bits per heavy atom. The lowest BCUT2D eigenvalue weighted by atomic mass is 10.2. The van der Waals surface area contributed by atoms with Gasteiger partial charge in [-0.25, -0.2) is 0 Å². The number of hydrogen-bond acceptors (Lipinski definition) is 2. The summed E-state index contributed by atoms with van der Waals surface area (Å²) in [4.78, 5) is 23.9. The Bertz CT molecular complexity index is 794. The molecule has 2 aromatic rings. The summed E-state index contributed by atoms with van der Waals surface area (Å²) in [5, 5.41) is 0.599. The minimum atomic E-state index is -0.572. The second-order valence-corrected chi connectivity index (χ2v) is 4.66. The summed E-state index contributed by atoms with van der Waals surface area (Å²) in [6, 6.07) is 7.19. The Hall–Kier alpha value is -2.25. The molecule has 0 radical (unpaired) electrons. The Kier molecular flexibility index (Phi) is 4.44. The van der Waals surface area contributed by atoms with Crippen LogP contribution in [-0.4, -0.2) is 9.13 Å². The maximum absolute atomic E-state index is 12.0. The fourth-order valence-electron chi connectivity index (χ4n) is 1.79. The molecule has 0 saturated carbocycles. The summed E-state index contributed by atoms with van der Waals surface area (Å²) in [6.07, 6.45) is 3.15. The van der Waals surface area contributed by atoms with E-state index in [1.54, 1.807) is 37.5 Å². The third-order valence-electron chi connectivity index (χ3n) is 2.80. The predicted octanol–water partition coefficient (Wildman–Crippen LogP) is 1.73. The molecule has 0 atom stereocenters. The van der Waals surface area contributed by atoms with Crippen molar-refractivity contribution in [1.29, 1.82) is 0 Å². The molecule has 0 aliphatic carbocycles. The summed E-state index contributed by atoms with van der Waals surface area (Å²) in [5.74, 6) is 5.45. The first-order valence-electron chi connectivity index (χ1n) is 6.06. The van der Waals surface area contributed by atoms with Gasteiger partial charge in [-0.05, 0) is 24.6 Å². The summed E-state index contributed by atoms with van der Waals surface area (Å²) in [7, 11) is 0. The topological polar surface area (TPSA) is 44.0 Å². The van der Waals surface area contributed by atoms with Crippen molar-refractivity contribution in [2.75, 3.05) is 0 Å². The fraction of sp³-hybridized carbons (Fsp3) is 0.200. The number of rotatable bonds is 3. The molecule has 102 valence electrons. The van der Waals surface area contributed by atoms with Crippen molar-refractivity contribution in [3.8, 4) is 11.8 Å². The summed E-state index contributed by atoms with van der Waals surface area (Å²) < 4.78 is 2.66. The lowest BCUT2D eigenvalue weighted by molar-refractivity contribution is 0.678. The van der Waals surface area contributed by atoms with Gasteiger partial charge in [0.1, 0.15) is 0 Å². The van der Waals surface area contributed by atoms with Crippen molar-refractivity contribution < 1.29 is 0 Å². The highest BCUT2D eigenvalue weighted by Crippen LogP contribution is 2.10. The third-order valence-corrected chi connectivity index (χ3v) is 3.03. The van der Waals surface area contributed by atoms with Crippen LogP contribution in [-0.2, 0) is 13.1 Å². The molecule has 5 heteroatoms. The van der Waals surface area contributed by atoms with Crippen LogP contribution < -0.4 is 11.1 Å². The van der Waals surface area contributed by atoms with E-state index in [1.807, 2.05) is 6.07 Å². The maximum atomic E-state index is 12.0. The Morgan fingerprint density at radius 1 is 1.15 bits per heavy atom. The van der Waals surface area contributed by atoms with Crippen LogP contribution in [0.4, 0.5) is 0 Å². The van der Waals surface area contributed by atoms with Gasteiger partial charge in [0.15, 0.2) is 0 Å². The highest BCUT2D eigenvalue weighted by atomic mass is 35.5. The zero-order valence-corrected chi connectivity index (χ0v) is 11.7. The molecule has 1 aromatic carbocycles. The van der Waals surface area contributed by atoms with E-state index >= 15 is 0 Å². The number of halogens is 1. The van der Waals surface area contributed by atoms with Gasteiger partial charge >= 0.3 is 11.1 Å². The van der Waals surface area contributed by atoms with Crippen molar-refractivity contribution in [3.63, 3.8) is 0 Å². The molecule has 0 aliphatic heterocycles. The van der Waals surface area contributed by atoms with Gasteiger partial charge in [-0.2, -0.15) is 0 Å². The van der Waals surface area contributed by atoms with Crippen LogP contribution in [0.5, 0.6) is 0 Å². The molecule has 20 heavy (non-hydrogen) atoms. The molecular formula is C15H13ClN2O2. The third kappa shape index (κ3) is 3.19. The normalized spacial score (nSPS) is 9.90. The molecule has 0 bridgehead atoms. The molecule has 1 aromatic heterocycles. The summed E-state index contributed by atoms with van der Waals surface area (Å²) in [6.45, 7) is 2.23. The van der Waals surface area contributed by atoms with E-state index < -0.39 is 11.1 Å². The summed E-state index contributed by atoms with van der Waals surface area (Å²) >= 11 is 5.90. The van der Waals surface area contributed by atoms with E-state index in [-0.39, 0.29) is 6.54 Å². The highest BCUT2D eigenvalue weighted by molar-refractivity contribution is 6.30. The summed E-state index contributed by atoms with van der Waals surface area (Å²) in [5.41, 5.74) is -0.271. The zero-order valence-electron chi connectivity index (χ0n) is 11.0. The zero-order chi connectivity index (χ0) is 14.5. The van der Waals surface area contributed by atoms with Crippen molar-refractivity contribution >= 4 is 11.6 Å². The van der Waals surface area contributed by atoms with Gasteiger partial charge in [0.25, 0.3) is 0 Å². The highest BCUT2D eigenvalue weighted by Gasteiger charge is 2.05. The first-order valence-corrected chi connectivity index (χ1v) is 6.43. The van der Waals surface area contributed by atoms with Crippen molar-refractivity contribution in [3.05, 3.63) is 68.0 Å². The van der Waals surface area contributed by atoms with Crippen LogP contribution in [0.15, 0.2) is 46.2 Å². The molecule has 0 saturated heterocycles. The van der Waals surface area contributed by atoms with Crippen LogP contribution in [0.25, 0.3) is 0 Å². The van der Waals surface area contributed by atoms with E-state index in [2.05, 4.69) is 11.8 Å². The molecule has 0 amide bonds. The standard InChI is InChI=1S/C15H13ClN2O2/c1-2-3-7-17-8-9-18(15(20)14(17)19)11-12-5-4-6-13(16)10-12/h4-6,8-10H,7,11H2,1H3. The SMILES string of the molecule is CC#CCn1ccn(Cc2cccc(Cl)c2)c(=O)c1=O. The molecule has 0 unspecified atom stereocenters. The Morgan fingerprint density at radius 2 is 1.85 bits per heavy atom. The Labute approximate surface area is 121 Å². The number of benzene rings is 1. The monoisotopic (exact) mass is 288 g/mol. The predicted molar refractivity (Wildman–Crippen MR) is 79.0 cm³/mol. The lowest BCUT2D eigenvalue weighted by Gasteiger charge is -2.07. The molecule has 1 heterocycles. The first kappa shape index (κ1) is 14.2. The molecule has 2 rings (SSSR count). The van der Waals surface area contributed by atoms with Crippen LogP contribution in [0.2, 0.25) is 5.02 Å². The van der Waals surface area contributed by atoms with Gasteiger partial charge in [0.2, 0.25) is 0 Å². The molecule has 0 fully saturated rings. The minimum absolute atomic E-state index is 0.225. The van der Waals surface area contributed by atoms with E-state index in [0.717, 1.165) is 5.56 Å². The molecular weight excluding hydrogens is 276 g/mol. The smallest absolute Gasteiger partial charge is 0.305 e.